The molecule has 0 radical (unpaired) electrons. The molecule has 30 heavy (non-hydrogen) atoms. The summed E-state index contributed by atoms with van der Waals surface area (Å²) in [5.74, 6) is 1.10. The number of hydrogen-bond acceptors (Lipinski definition) is 6. The lowest BCUT2D eigenvalue weighted by Gasteiger charge is -2.33. The first-order valence-electron chi connectivity index (χ1n) is 10.5. The molecular weight excluding hydrogens is 408 g/mol. The van der Waals surface area contributed by atoms with Gasteiger partial charge in [-0.3, -0.25) is 0 Å². The zero-order valence-corrected chi connectivity index (χ0v) is 18.3. The summed E-state index contributed by atoms with van der Waals surface area (Å²) in [5.41, 5.74) is 3.43. The highest BCUT2D eigenvalue weighted by Crippen LogP contribution is 2.38. The molecule has 0 N–H and O–H groups in total. The predicted molar refractivity (Wildman–Crippen MR) is 129 cm³/mol. The molecule has 2 saturated heterocycles. The van der Waals surface area contributed by atoms with Gasteiger partial charge in [-0.05, 0) is 66.1 Å². The number of nitrogens with zero attached hydrogens (tertiary/aromatic N) is 4. The fourth-order valence-corrected chi connectivity index (χ4v) is 5.71. The van der Waals surface area contributed by atoms with Crippen molar-refractivity contribution >= 4 is 54.9 Å². The van der Waals surface area contributed by atoms with Gasteiger partial charge in [0.1, 0.15) is 10.8 Å². The SMILES string of the molecule is c1cc2ccc(N3CCC3)nc2cc1SSc1ccc2ccc(N3CCC3)cc2n1. The number of fused-ring (bicyclic) bond motifs is 2. The Hall–Kier alpha value is -2.44. The van der Waals surface area contributed by atoms with Crippen LogP contribution < -0.4 is 9.80 Å². The van der Waals surface area contributed by atoms with Crippen molar-refractivity contribution in [3.63, 3.8) is 0 Å². The van der Waals surface area contributed by atoms with Crippen molar-refractivity contribution in [2.75, 3.05) is 36.0 Å². The Kier molecular flexibility index (Phi) is 4.69. The number of benzene rings is 2. The minimum absolute atomic E-state index is 1.04. The number of rotatable bonds is 5. The number of aromatic nitrogens is 2. The quantitative estimate of drug-likeness (QED) is 0.361. The monoisotopic (exact) mass is 430 g/mol. The maximum absolute atomic E-state index is 4.90. The van der Waals surface area contributed by atoms with E-state index in [0.29, 0.717) is 0 Å². The van der Waals surface area contributed by atoms with Gasteiger partial charge >= 0.3 is 0 Å². The molecule has 0 atom stereocenters. The molecule has 4 nitrogen and oxygen atoms in total. The molecule has 0 bridgehead atoms. The number of pyridine rings is 2. The maximum atomic E-state index is 4.90. The Morgan fingerprint density at radius 1 is 0.633 bits per heavy atom. The van der Waals surface area contributed by atoms with E-state index in [-0.39, 0.29) is 0 Å². The number of anilines is 2. The minimum atomic E-state index is 1.04. The molecule has 2 aliphatic heterocycles. The van der Waals surface area contributed by atoms with Gasteiger partial charge in [0.05, 0.1) is 11.0 Å². The highest BCUT2D eigenvalue weighted by molar-refractivity contribution is 8.76. The third-order valence-corrected chi connectivity index (χ3v) is 8.19. The zero-order valence-electron chi connectivity index (χ0n) is 16.6. The van der Waals surface area contributed by atoms with E-state index in [9.17, 15) is 0 Å². The van der Waals surface area contributed by atoms with E-state index in [1.165, 1.54) is 34.2 Å². The number of hydrogen-bond donors (Lipinski definition) is 0. The van der Waals surface area contributed by atoms with Crippen LogP contribution in [0.1, 0.15) is 12.8 Å². The van der Waals surface area contributed by atoms with Crippen LogP contribution in [-0.2, 0) is 0 Å². The van der Waals surface area contributed by atoms with E-state index in [4.69, 9.17) is 9.97 Å². The Labute approximate surface area is 184 Å². The van der Waals surface area contributed by atoms with Gasteiger partial charge in [0.25, 0.3) is 0 Å². The predicted octanol–water partition coefficient (Wildman–Crippen LogP) is 6.00. The summed E-state index contributed by atoms with van der Waals surface area (Å²) in [6.45, 7) is 4.56. The highest BCUT2D eigenvalue weighted by Gasteiger charge is 2.16. The summed E-state index contributed by atoms with van der Waals surface area (Å²) in [4.78, 5) is 15.7. The normalized spacial score (nSPS) is 16.0. The molecule has 4 aromatic rings. The third kappa shape index (κ3) is 3.48. The van der Waals surface area contributed by atoms with E-state index in [2.05, 4.69) is 70.5 Å². The smallest absolute Gasteiger partial charge is 0.129 e. The fraction of sp³-hybridized carbons (Fsp3) is 0.250. The van der Waals surface area contributed by atoms with E-state index < -0.39 is 0 Å². The summed E-state index contributed by atoms with van der Waals surface area (Å²) in [6.07, 6.45) is 2.56. The van der Waals surface area contributed by atoms with Gasteiger partial charge in [-0.15, -0.1) is 0 Å². The third-order valence-electron chi connectivity index (χ3n) is 5.92. The summed E-state index contributed by atoms with van der Waals surface area (Å²) < 4.78 is 0. The van der Waals surface area contributed by atoms with E-state index in [1.54, 1.807) is 21.6 Å². The Bertz CT molecular complexity index is 1140. The lowest BCUT2D eigenvalue weighted by molar-refractivity contribution is 0.611. The van der Waals surface area contributed by atoms with Gasteiger partial charge in [-0.2, -0.15) is 0 Å². The van der Waals surface area contributed by atoms with Crippen LogP contribution in [0.15, 0.2) is 70.6 Å². The molecule has 0 unspecified atom stereocenters. The van der Waals surface area contributed by atoms with Crippen molar-refractivity contribution in [1.29, 1.82) is 0 Å². The first kappa shape index (κ1) is 18.3. The van der Waals surface area contributed by atoms with Crippen LogP contribution in [0, 0.1) is 0 Å². The van der Waals surface area contributed by atoms with Crippen molar-refractivity contribution in [3.8, 4) is 0 Å². The average Bonchev–Trinajstić information content (AvgIpc) is 2.69. The summed E-state index contributed by atoms with van der Waals surface area (Å²) in [6, 6.07) is 21.8. The van der Waals surface area contributed by atoms with Gasteiger partial charge in [0.2, 0.25) is 0 Å². The second-order valence-corrected chi connectivity index (χ2v) is 10.1. The standard InChI is InChI=1S/C24H22N4S2/c1-11-27(12-1)19-7-3-17-6-10-24(26-21(17)15-19)30-29-20-8-4-18-5-9-23(25-22(18)16-20)28-13-2-14-28/h3-10,15-16H,1-2,11-14H2. The van der Waals surface area contributed by atoms with Gasteiger partial charge in [-0.25, -0.2) is 9.97 Å². The van der Waals surface area contributed by atoms with Crippen molar-refractivity contribution < 1.29 is 0 Å². The van der Waals surface area contributed by atoms with Crippen LogP contribution in [0.4, 0.5) is 11.5 Å². The average molecular weight is 431 g/mol. The molecule has 0 saturated carbocycles. The molecule has 6 rings (SSSR count). The summed E-state index contributed by atoms with van der Waals surface area (Å²) in [5, 5.41) is 3.42. The molecule has 2 aromatic heterocycles. The Morgan fingerprint density at radius 2 is 1.33 bits per heavy atom. The second-order valence-electron chi connectivity index (χ2n) is 7.90. The lowest BCUT2D eigenvalue weighted by Crippen LogP contribution is -2.37. The summed E-state index contributed by atoms with van der Waals surface area (Å²) in [7, 11) is 3.46. The molecule has 0 spiro atoms. The van der Waals surface area contributed by atoms with Gasteiger partial charge in [0.15, 0.2) is 0 Å². The van der Waals surface area contributed by atoms with Crippen LogP contribution in [0.25, 0.3) is 21.8 Å². The summed E-state index contributed by atoms with van der Waals surface area (Å²) >= 11 is 0. The van der Waals surface area contributed by atoms with E-state index in [0.717, 1.165) is 48.1 Å². The van der Waals surface area contributed by atoms with Crippen molar-refractivity contribution in [3.05, 3.63) is 60.7 Å². The van der Waals surface area contributed by atoms with Gasteiger partial charge in [0, 0.05) is 47.5 Å². The zero-order chi connectivity index (χ0) is 19.9. The minimum Gasteiger partial charge on any atom is -0.371 e. The molecule has 0 amide bonds. The van der Waals surface area contributed by atoms with Crippen LogP contribution in [-0.4, -0.2) is 36.1 Å². The van der Waals surface area contributed by atoms with Crippen molar-refractivity contribution in [2.24, 2.45) is 0 Å². The maximum Gasteiger partial charge on any atom is 0.129 e. The first-order chi connectivity index (χ1) is 14.8. The fourth-order valence-electron chi connectivity index (χ4n) is 3.85. The van der Waals surface area contributed by atoms with Crippen LogP contribution in [0.2, 0.25) is 0 Å². The second kappa shape index (κ2) is 7.67. The molecule has 6 heteroatoms. The Balaban J connectivity index is 1.22. The van der Waals surface area contributed by atoms with E-state index >= 15 is 0 Å². The molecule has 0 aliphatic carbocycles. The van der Waals surface area contributed by atoms with Crippen LogP contribution in [0.5, 0.6) is 0 Å². The first-order valence-corrected chi connectivity index (χ1v) is 12.6. The largest absolute Gasteiger partial charge is 0.371 e. The molecule has 2 fully saturated rings. The van der Waals surface area contributed by atoms with Crippen LogP contribution >= 0.6 is 21.6 Å². The Morgan fingerprint density at radius 3 is 2.10 bits per heavy atom. The molecule has 2 aromatic carbocycles. The van der Waals surface area contributed by atoms with Crippen molar-refractivity contribution in [1.82, 2.24) is 9.97 Å². The molecule has 2 aliphatic rings. The van der Waals surface area contributed by atoms with Crippen LogP contribution in [0.3, 0.4) is 0 Å². The lowest BCUT2D eigenvalue weighted by atomic mass is 10.1. The van der Waals surface area contributed by atoms with Crippen molar-refractivity contribution in [2.45, 2.75) is 22.8 Å². The van der Waals surface area contributed by atoms with Gasteiger partial charge in [-0.1, -0.05) is 29.0 Å². The molecule has 150 valence electrons. The molecular formula is C24H22N4S2. The topological polar surface area (TPSA) is 32.3 Å². The van der Waals surface area contributed by atoms with Gasteiger partial charge < -0.3 is 9.80 Å². The highest BCUT2D eigenvalue weighted by atomic mass is 33.1. The van der Waals surface area contributed by atoms with E-state index in [1.807, 2.05) is 0 Å². The molecule has 4 heterocycles.